The average Bonchev–Trinajstić information content (AvgIpc) is 3.59. The van der Waals surface area contributed by atoms with E-state index in [0.29, 0.717) is 24.5 Å². The molecule has 1 amide bonds. The van der Waals surface area contributed by atoms with Crippen LogP contribution in [0, 0.1) is 0 Å². The van der Waals surface area contributed by atoms with Crippen LogP contribution in [0.3, 0.4) is 0 Å². The van der Waals surface area contributed by atoms with E-state index in [-0.39, 0.29) is 5.91 Å². The second kappa shape index (κ2) is 8.70. The van der Waals surface area contributed by atoms with Crippen molar-refractivity contribution >= 4 is 23.5 Å². The number of halogens is 1. The minimum absolute atomic E-state index is 0.166. The van der Waals surface area contributed by atoms with Crippen LogP contribution in [0.4, 0.5) is 0 Å². The van der Waals surface area contributed by atoms with Crippen LogP contribution in [0.2, 0.25) is 5.02 Å². The maximum Gasteiger partial charge on any atom is 0.234 e. The number of hydrogen-bond acceptors (Lipinski definition) is 3. The topological polar surface area (TPSA) is 60.0 Å². The zero-order valence-electron chi connectivity index (χ0n) is 16.5. The Morgan fingerprint density at radius 3 is 2.68 bits per heavy atom. The summed E-state index contributed by atoms with van der Waals surface area (Å²) in [7, 11) is 0. The molecule has 2 N–H and O–H groups in total. The molecule has 3 fully saturated rings. The lowest BCUT2D eigenvalue weighted by Crippen LogP contribution is -2.54. The molecule has 6 nitrogen and oxygen atoms in total. The van der Waals surface area contributed by atoms with Crippen LogP contribution < -0.4 is 10.6 Å². The highest BCUT2D eigenvalue weighted by Crippen LogP contribution is 2.41. The third kappa shape index (κ3) is 5.17. The molecule has 0 spiro atoms. The number of carbonyl (C=O) groups excluding carboxylic acids is 1. The summed E-state index contributed by atoms with van der Waals surface area (Å²) in [4.78, 5) is 21.3. The molecule has 4 rings (SSSR count). The van der Waals surface area contributed by atoms with Crippen LogP contribution in [0.1, 0.15) is 37.7 Å². The molecule has 0 aromatic heterocycles. The van der Waals surface area contributed by atoms with Gasteiger partial charge in [-0.2, -0.15) is 0 Å². The van der Waals surface area contributed by atoms with E-state index in [2.05, 4.69) is 39.5 Å². The monoisotopic (exact) mass is 403 g/mol. The van der Waals surface area contributed by atoms with Crippen LogP contribution in [0.25, 0.3) is 0 Å². The lowest BCUT2D eigenvalue weighted by atomic mass is 10.1. The van der Waals surface area contributed by atoms with Crippen LogP contribution in [-0.4, -0.2) is 73.0 Å². The normalized spacial score (nSPS) is 25.5. The molecule has 1 aromatic carbocycles. The van der Waals surface area contributed by atoms with E-state index in [1.54, 1.807) is 0 Å². The van der Waals surface area contributed by atoms with Crippen molar-refractivity contribution in [1.29, 1.82) is 0 Å². The molecule has 2 saturated carbocycles. The van der Waals surface area contributed by atoms with Crippen molar-refractivity contribution in [2.45, 2.75) is 44.2 Å². The van der Waals surface area contributed by atoms with Crippen molar-refractivity contribution in [3.63, 3.8) is 0 Å². The lowest BCUT2D eigenvalue weighted by molar-refractivity contribution is -0.122. The molecule has 152 valence electrons. The number of amides is 1. The first kappa shape index (κ1) is 19.5. The van der Waals surface area contributed by atoms with Crippen molar-refractivity contribution in [2.24, 2.45) is 4.99 Å². The highest BCUT2D eigenvalue weighted by molar-refractivity contribution is 6.30. The predicted molar refractivity (Wildman–Crippen MR) is 113 cm³/mol. The summed E-state index contributed by atoms with van der Waals surface area (Å²) in [5.74, 6) is 1.67. The Bertz CT molecular complexity index is 727. The van der Waals surface area contributed by atoms with E-state index in [1.807, 2.05) is 12.1 Å². The number of rotatable bonds is 6. The number of nitrogens with zero attached hydrogens (tertiary/aromatic N) is 3. The van der Waals surface area contributed by atoms with Gasteiger partial charge in [0.15, 0.2) is 5.96 Å². The van der Waals surface area contributed by atoms with E-state index in [0.717, 1.165) is 63.0 Å². The number of nitrogens with one attached hydrogen (secondary N) is 2. The van der Waals surface area contributed by atoms with Crippen molar-refractivity contribution < 1.29 is 4.79 Å². The second-order valence-electron chi connectivity index (χ2n) is 8.05. The molecular formula is C21H30ClN5O. The van der Waals surface area contributed by atoms with Gasteiger partial charge in [0.05, 0.1) is 6.54 Å². The SMILES string of the molecule is CCN=C(NC1CC1c1cccc(Cl)c1)N1CCN(CC(=O)NC2CC2)CC1. The van der Waals surface area contributed by atoms with Crippen molar-refractivity contribution in [2.75, 3.05) is 39.3 Å². The Kier molecular flexibility index (Phi) is 6.07. The largest absolute Gasteiger partial charge is 0.353 e. The predicted octanol–water partition coefficient (Wildman–Crippen LogP) is 2.06. The molecule has 2 unspecified atom stereocenters. The Hall–Kier alpha value is -1.79. The third-order valence-corrected chi connectivity index (χ3v) is 5.91. The van der Waals surface area contributed by atoms with Gasteiger partial charge in [-0.25, -0.2) is 0 Å². The minimum Gasteiger partial charge on any atom is -0.353 e. The maximum absolute atomic E-state index is 12.0. The zero-order chi connectivity index (χ0) is 19.5. The van der Waals surface area contributed by atoms with Gasteiger partial charge in [0.2, 0.25) is 5.91 Å². The fraction of sp³-hybridized carbons (Fsp3) is 0.619. The second-order valence-corrected chi connectivity index (χ2v) is 8.49. The standard InChI is InChI=1S/C21H30ClN5O/c1-2-23-21(25-19-13-18(19)15-4-3-5-16(22)12-15)27-10-8-26(9-11-27)14-20(28)24-17-6-7-17/h3-5,12,17-19H,2,6-11,13-14H2,1H3,(H,23,25)(H,24,28). The molecule has 0 bridgehead atoms. The summed E-state index contributed by atoms with van der Waals surface area (Å²) in [6, 6.07) is 9.02. The van der Waals surface area contributed by atoms with Gasteiger partial charge >= 0.3 is 0 Å². The third-order valence-electron chi connectivity index (χ3n) is 5.67. The zero-order valence-corrected chi connectivity index (χ0v) is 17.3. The molecule has 2 atom stereocenters. The van der Waals surface area contributed by atoms with Gasteiger partial charge in [0.25, 0.3) is 0 Å². The van der Waals surface area contributed by atoms with Crippen LogP contribution in [-0.2, 0) is 4.79 Å². The van der Waals surface area contributed by atoms with Crippen molar-refractivity contribution in [3.05, 3.63) is 34.9 Å². The molecule has 3 aliphatic rings. The first-order valence-electron chi connectivity index (χ1n) is 10.5. The highest BCUT2D eigenvalue weighted by Gasteiger charge is 2.40. The molecule has 1 aliphatic heterocycles. The van der Waals surface area contributed by atoms with E-state index in [9.17, 15) is 4.79 Å². The van der Waals surface area contributed by atoms with Crippen LogP contribution in [0.5, 0.6) is 0 Å². The van der Waals surface area contributed by atoms with Gasteiger partial charge in [-0.3, -0.25) is 14.7 Å². The molecule has 2 aliphatic carbocycles. The van der Waals surface area contributed by atoms with E-state index in [4.69, 9.17) is 16.6 Å². The van der Waals surface area contributed by atoms with Crippen molar-refractivity contribution in [1.82, 2.24) is 20.4 Å². The number of piperazine rings is 1. The fourth-order valence-electron chi connectivity index (χ4n) is 3.83. The summed E-state index contributed by atoms with van der Waals surface area (Å²) >= 11 is 6.14. The first-order chi connectivity index (χ1) is 13.6. The average molecular weight is 404 g/mol. The van der Waals surface area contributed by atoms with Crippen LogP contribution in [0.15, 0.2) is 29.3 Å². The smallest absolute Gasteiger partial charge is 0.234 e. The number of carbonyl (C=O) groups is 1. The molecule has 0 radical (unpaired) electrons. The maximum atomic E-state index is 12.0. The minimum atomic E-state index is 0.166. The fourth-order valence-corrected chi connectivity index (χ4v) is 4.03. The number of guanidine groups is 1. The summed E-state index contributed by atoms with van der Waals surface area (Å²) in [6.07, 6.45) is 3.39. The van der Waals surface area contributed by atoms with Crippen molar-refractivity contribution in [3.8, 4) is 0 Å². The number of benzene rings is 1. The van der Waals surface area contributed by atoms with E-state index < -0.39 is 0 Å². The summed E-state index contributed by atoms with van der Waals surface area (Å²) in [5.41, 5.74) is 1.30. The molecule has 7 heteroatoms. The van der Waals surface area contributed by atoms with Crippen LogP contribution >= 0.6 is 11.6 Å². The summed E-state index contributed by atoms with van der Waals surface area (Å²) < 4.78 is 0. The first-order valence-corrected chi connectivity index (χ1v) is 10.8. The highest BCUT2D eigenvalue weighted by atomic mass is 35.5. The van der Waals surface area contributed by atoms with Gasteiger partial charge in [-0.15, -0.1) is 0 Å². The molecule has 1 aromatic rings. The summed E-state index contributed by atoms with van der Waals surface area (Å²) in [6.45, 7) is 6.93. The van der Waals surface area contributed by atoms with Gasteiger partial charge < -0.3 is 15.5 Å². The Morgan fingerprint density at radius 2 is 2.00 bits per heavy atom. The Morgan fingerprint density at radius 1 is 1.21 bits per heavy atom. The van der Waals surface area contributed by atoms with Gasteiger partial charge in [0, 0.05) is 55.7 Å². The quantitative estimate of drug-likeness (QED) is 0.563. The number of aliphatic imine (C=N–C) groups is 1. The number of hydrogen-bond donors (Lipinski definition) is 2. The molecule has 1 saturated heterocycles. The van der Waals surface area contributed by atoms with E-state index in [1.165, 1.54) is 5.56 Å². The Labute approximate surface area is 172 Å². The Balaban J connectivity index is 1.26. The van der Waals surface area contributed by atoms with Gasteiger partial charge in [-0.1, -0.05) is 23.7 Å². The van der Waals surface area contributed by atoms with Gasteiger partial charge in [-0.05, 0) is 43.9 Å². The lowest BCUT2D eigenvalue weighted by Gasteiger charge is -2.36. The molecule has 28 heavy (non-hydrogen) atoms. The summed E-state index contributed by atoms with van der Waals surface area (Å²) in [5, 5.41) is 7.53. The molecular weight excluding hydrogens is 374 g/mol. The van der Waals surface area contributed by atoms with E-state index >= 15 is 0 Å². The van der Waals surface area contributed by atoms with Gasteiger partial charge in [0.1, 0.15) is 0 Å². The molecule has 1 heterocycles.